The Hall–Kier alpha value is -3.92. The average Bonchev–Trinajstić information content (AvgIpc) is 3.05. The monoisotopic (exact) mass is 497 g/mol. The van der Waals surface area contributed by atoms with Crippen molar-refractivity contribution >= 4 is 44.9 Å². The largest absolute Gasteiger partial charge is 0.507 e. The summed E-state index contributed by atoms with van der Waals surface area (Å²) in [6, 6.07) is 12.2. The molecule has 2 heterocycles. The van der Waals surface area contributed by atoms with Crippen molar-refractivity contribution in [3.8, 4) is 0 Å². The molecule has 1 atom stereocenters. The molecule has 1 N–H and O–H groups in total. The lowest BCUT2D eigenvalue weighted by molar-refractivity contribution is -0.384. The Kier molecular flexibility index (Phi) is 5.54. The van der Waals surface area contributed by atoms with Gasteiger partial charge in [0.25, 0.3) is 11.5 Å². The number of Topliss-reactive ketones (excluding diaryl/α,β-unsaturated/α-hetero) is 1. The number of hydrogen-bond acceptors (Lipinski definition) is 6. The highest BCUT2D eigenvalue weighted by molar-refractivity contribution is 9.10. The van der Waals surface area contributed by atoms with E-state index >= 15 is 0 Å². The fourth-order valence-corrected chi connectivity index (χ4v) is 3.70. The van der Waals surface area contributed by atoms with Crippen molar-refractivity contribution in [3.05, 3.63) is 104 Å². The zero-order valence-corrected chi connectivity index (χ0v) is 17.7. The van der Waals surface area contributed by atoms with E-state index in [9.17, 15) is 29.2 Å². The van der Waals surface area contributed by atoms with E-state index in [0.29, 0.717) is 4.47 Å². The molecule has 1 saturated heterocycles. The van der Waals surface area contributed by atoms with E-state index in [1.807, 2.05) is 0 Å². The number of anilines is 1. The van der Waals surface area contributed by atoms with E-state index in [1.54, 1.807) is 12.1 Å². The molecule has 2 aromatic carbocycles. The highest BCUT2D eigenvalue weighted by Crippen LogP contribution is 2.42. The first-order chi connectivity index (χ1) is 15.3. The van der Waals surface area contributed by atoms with Crippen LogP contribution >= 0.6 is 15.9 Å². The molecule has 4 rings (SSSR count). The summed E-state index contributed by atoms with van der Waals surface area (Å²) < 4.78 is 15.4. The maximum atomic E-state index is 14.8. The van der Waals surface area contributed by atoms with Gasteiger partial charge in [-0.2, -0.15) is 0 Å². The van der Waals surface area contributed by atoms with Crippen molar-refractivity contribution in [2.75, 3.05) is 4.90 Å². The van der Waals surface area contributed by atoms with Gasteiger partial charge in [-0.15, -0.1) is 0 Å². The highest BCUT2D eigenvalue weighted by atomic mass is 79.9. The molecule has 0 saturated carbocycles. The molecule has 1 fully saturated rings. The molecule has 0 spiro atoms. The van der Waals surface area contributed by atoms with E-state index in [1.165, 1.54) is 42.6 Å². The molecule has 0 bridgehead atoms. The Morgan fingerprint density at radius 1 is 1.09 bits per heavy atom. The maximum absolute atomic E-state index is 14.8. The molecular formula is C22H13BrFN3O5. The third-order valence-electron chi connectivity index (χ3n) is 4.95. The predicted molar refractivity (Wildman–Crippen MR) is 116 cm³/mol. The summed E-state index contributed by atoms with van der Waals surface area (Å²) in [7, 11) is 0. The third kappa shape index (κ3) is 3.65. The van der Waals surface area contributed by atoms with E-state index in [4.69, 9.17) is 0 Å². The molecule has 8 nitrogen and oxygen atoms in total. The van der Waals surface area contributed by atoms with Crippen LogP contribution in [0.5, 0.6) is 0 Å². The van der Waals surface area contributed by atoms with Crippen molar-refractivity contribution in [2.24, 2.45) is 0 Å². The topological polar surface area (TPSA) is 114 Å². The standard InChI is InChI=1S/C22H13BrFN3O5/c23-13-7-10-17(25-11-13)26-19(15-3-1-2-4-16(15)24)18(21(29)22(26)30)20(28)12-5-8-14(9-6-12)27(31)32/h1-11,19,28H/b20-18-. The first kappa shape index (κ1) is 21.3. The van der Waals surface area contributed by atoms with Crippen molar-refractivity contribution in [1.29, 1.82) is 0 Å². The SMILES string of the molecule is O=C1C(=O)N(c2ccc(Br)cn2)C(c2ccccc2F)/C1=C(/O)c1ccc([N+](=O)[O-])cc1. The predicted octanol–water partition coefficient (Wildman–Crippen LogP) is 4.52. The lowest BCUT2D eigenvalue weighted by atomic mass is 9.95. The average molecular weight is 498 g/mol. The number of nitro groups is 1. The van der Waals surface area contributed by atoms with Crippen LogP contribution in [0.2, 0.25) is 0 Å². The summed E-state index contributed by atoms with van der Waals surface area (Å²) >= 11 is 3.24. The van der Waals surface area contributed by atoms with Gasteiger partial charge in [0.1, 0.15) is 17.4 Å². The van der Waals surface area contributed by atoms with Gasteiger partial charge in [-0.1, -0.05) is 18.2 Å². The lowest BCUT2D eigenvalue weighted by Gasteiger charge is -2.24. The Morgan fingerprint density at radius 3 is 2.38 bits per heavy atom. The molecule has 10 heteroatoms. The molecule has 1 aliphatic heterocycles. The number of nitro benzene ring substituents is 1. The number of aliphatic hydroxyl groups excluding tert-OH is 1. The van der Waals surface area contributed by atoms with Crippen LogP contribution in [0.25, 0.3) is 5.76 Å². The molecule has 0 aliphatic carbocycles. The van der Waals surface area contributed by atoms with Gasteiger partial charge >= 0.3 is 5.91 Å². The second-order valence-corrected chi connectivity index (χ2v) is 7.74. The summed E-state index contributed by atoms with van der Waals surface area (Å²) in [5, 5.41) is 21.8. The Bertz CT molecular complexity index is 1280. The number of hydrogen-bond donors (Lipinski definition) is 1. The van der Waals surface area contributed by atoms with Crippen LogP contribution in [0, 0.1) is 15.9 Å². The van der Waals surface area contributed by atoms with Gasteiger partial charge in [-0.25, -0.2) is 9.37 Å². The highest BCUT2D eigenvalue weighted by Gasteiger charge is 2.48. The van der Waals surface area contributed by atoms with Crippen LogP contribution in [-0.4, -0.2) is 26.7 Å². The first-order valence-electron chi connectivity index (χ1n) is 9.21. The van der Waals surface area contributed by atoms with Crippen LogP contribution in [0.3, 0.4) is 0 Å². The minimum atomic E-state index is -1.29. The zero-order valence-electron chi connectivity index (χ0n) is 16.1. The Morgan fingerprint density at radius 2 is 1.78 bits per heavy atom. The van der Waals surface area contributed by atoms with Crippen molar-refractivity contribution in [1.82, 2.24) is 4.98 Å². The molecule has 160 valence electrons. The Labute approximate surface area is 188 Å². The molecule has 32 heavy (non-hydrogen) atoms. The second kappa shape index (κ2) is 8.31. The number of aliphatic hydroxyl groups is 1. The van der Waals surface area contributed by atoms with Gasteiger partial charge in [-0.05, 0) is 46.3 Å². The van der Waals surface area contributed by atoms with Gasteiger partial charge in [0.2, 0.25) is 0 Å². The normalized spacial score (nSPS) is 17.6. The number of ketones is 1. The van der Waals surface area contributed by atoms with Gasteiger partial charge in [-0.3, -0.25) is 24.6 Å². The first-order valence-corrected chi connectivity index (χ1v) is 10.0. The van der Waals surface area contributed by atoms with E-state index in [2.05, 4.69) is 20.9 Å². The summed E-state index contributed by atoms with van der Waals surface area (Å²) in [5.74, 6) is -3.19. The van der Waals surface area contributed by atoms with Gasteiger partial charge in [0.05, 0.1) is 16.5 Å². The number of pyridine rings is 1. The van der Waals surface area contributed by atoms with Crippen molar-refractivity contribution in [2.45, 2.75) is 6.04 Å². The number of rotatable bonds is 4. The fourth-order valence-electron chi connectivity index (χ4n) is 3.47. The van der Waals surface area contributed by atoms with E-state index in [0.717, 1.165) is 17.0 Å². The summed E-state index contributed by atoms with van der Waals surface area (Å²) in [6.45, 7) is 0. The zero-order chi connectivity index (χ0) is 23.0. The van der Waals surface area contributed by atoms with Gasteiger partial charge in [0.15, 0.2) is 0 Å². The summed E-state index contributed by atoms with van der Waals surface area (Å²) in [6.07, 6.45) is 1.42. The number of halogens is 2. The van der Waals surface area contributed by atoms with Crippen molar-refractivity contribution < 1.29 is 24.0 Å². The number of benzene rings is 2. The lowest BCUT2D eigenvalue weighted by Crippen LogP contribution is -2.30. The van der Waals surface area contributed by atoms with Gasteiger partial charge in [0, 0.05) is 33.9 Å². The minimum Gasteiger partial charge on any atom is -0.507 e. The summed E-state index contributed by atoms with van der Waals surface area (Å²) in [4.78, 5) is 41.4. The van der Waals surface area contributed by atoms with E-state index in [-0.39, 0.29) is 28.2 Å². The molecule has 1 unspecified atom stereocenters. The Balaban J connectivity index is 1.93. The van der Waals surface area contributed by atoms with E-state index < -0.39 is 34.2 Å². The molecular weight excluding hydrogens is 485 g/mol. The summed E-state index contributed by atoms with van der Waals surface area (Å²) in [5.41, 5.74) is -0.510. The van der Waals surface area contributed by atoms with Crippen LogP contribution in [0.15, 0.2) is 76.9 Å². The fraction of sp³-hybridized carbons (Fsp3) is 0.0455. The van der Waals surface area contributed by atoms with Crippen LogP contribution in [0.4, 0.5) is 15.9 Å². The number of amides is 1. The molecule has 3 aromatic rings. The molecule has 0 radical (unpaired) electrons. The number of carbonyl (C=O) groups excluding carboxylic acids is 2. The van der Waals surface area contributed by atoms with Crippen LogP contribution in [0.1, 0.15) is 17.2 Å². The van der Waals surface area contributed by atoms with Crippen LogP contribution in [-0.2, 0) is 9.59 Å². The number of aromatic nitrogens is 1. The van der Waals surface area contributed by atoms with Crippen LogP contribution < -0.4 is 4.90 Å². The number of non-ortho nitro benzene ring substituents is 1. The minimum absolute atomic E-state index is 0.0140. The molecule has 1 amide bonds. The quantitative estimate of drug-likeness (QED) is 0.186. The third-order valence-corrected chi connectivity index (χ3v) is 5.42. The second-order valence-electron chi connectivity index (χ2n) is 6.83. The number of nitrogens with zero attached hydrogens (tertiary/aromatic N) is 3. The maximum Gasteiger partial charge on any atom is 0.301 e. The molecule has 1 aliphatic rings. The molecule has 1 aromatic heterocycles. The van der Waals surface area contributed by atoms with Crippen molar-refractivity contribution in [3.63, 3.8) is 0 Å². The smallest absolute Gasteiger partial charge is 0.301 e. The number of carbonyl (C=O) groups is 2. The van der Waals surface area contributed by atoms with Gasteiger partial charge < -0.3 is 5.11 Å².